The first kappa shape index (κ1) is 15.3. The van der Waals surface area contributed by atoms with Gasteiger partial charge in [-0.3, -0.25) is 4.99 Å². The number of hydrogen-bond donors (Lipinski definition) is 2. The zero-order valence-corrected chi connectivity index (χ0v) is 12.1. The molecule has 1 heterocycles. The van der Waals surface area contributed by atoms with Gasteiger partial charge in [0.1, 0.15) is 5.75 Å². The van der Waals surface area contributed by atoms with E-state index in [-0.39, 0.29) is 11.8 Å². The summed E-state index contributed by atoms with van der Waals surface area (Å²) in [5, 5.41) is 6.25. The number of para-hydroxylation sites is 2. The van der Waals surface area contributed by atoms with Crippen LogP contribution in [0.15, 0.2) is 29.3 Å². The number of anilines is 1. The van der Waals surface area contributed by atoms with Gasteiger partial charge in [-0.2, -0.15) is 8.78 Å². The topological polar surface area (TPSA) is 48.9 Å². The van der Waals surface area contributed by atoms with Crippen molar-refractivity contribution in [3.63, 3.8) is 0 Å². The van der Waals surface area contributed by atoms with Gasteiger partial charge in [0.15, 0.2) is 5.96 Å². The molecule has 0 aliphatic carbocycles. The molecule has 0 bridgehead atoms. The number of nitrogens with zero attached hydrogens (tertiary/aromatic N) is 2. The number of rotatable bonds is 4. The van der Waals surface area contributed by atoms with Crippen LogP contribution in [0, 0.1) is 0 Å². The number of aliphatic imine (C=N–C) groups is 1. The maximum Gasteiger partial charge on any atom is 0.387 e. The Balaban J connectivity index is 2.04. The van der Waals surface area contributed by atoms with Crippen molar-refractivity contribution < 1.29 is 13.5 Å². The van der Waals surface area contributed by atoms with Crippen molar-refractivity contribution in [2.24, 2.45) is 4.99 Å². The first-order valence-electron chi connectivity index (χ1n) is 6.84. The Morgan fingerprint density at radius 1 is 1.43 bits per heavy atom. The SMILES string of the molecule is CN=C(NC)NC1CCN(c2ccccc2OC(F)F)C1. The zero-order valence-electron chi connectivity index (χ0n) is 12.1. The van der Waals surface area contributed by atoms with Gasteiger partial charge in [0, 0.05) is 33.2 Å². The summed E-state index contributed by atoms with van der Waals surface area (Å²) >= 11 is 0. The minimum Gasteiger partial charge on any atom is -0.433 e. The maximum absolute atomic E-state index is 12.5. The third-order valence-electron chi connectivity index (χ3n) is 3.41. The van der Waals surface area contributed by atoms with E-state index >= 15 is 0 Å². The van der Waals surface area contributed by atoms with Crippen molar-refractivity contribution in [3.05, 3.63) is 24.3 Å². The molecule has 1 unspecified atom stereocenters. The number of alkyl halides is 2. The lowest BCUT2D eigenvalue weighted by atomic mass is 10.2. The smallest absolute Gasteiger partial charge is 0.387 e. The third kappa shape index (κ3) is 3.96. The van der Waals surface area contributed by atoms with Crippen LogP contribution in [0.5, 0.6) is 5.75 Å². The number of nitrogens with one attached hydrogen (secondary N) is 2. The van der Waals surface area contributed by atoms with Gasteiger partial charge in [-0.1, -0.05) is 12.1 Å². The van der Waals surface area contributed by atoms with Crippen molar-refractivity contribution in [1.82, 2.24) is 10.6 Å². The van der Waals surface area contributed by atoms with Gasteiger partial charge >= 0.3 is 6.61 Å². The number of halogens is 2. The van der Waals surface area contributed by atoms with E-state index in [0.717, 1.165) is 18.9 Å². The molecule has 1 aliphatic heterocycles. The Morgan fingerprint density at radius 2 is 2.19 bits per heavy atom. The lowest BCUT2D eigenvalue weighted by Gasteiger charge is -2.22. The molecule has 0 saturated carbocycles. The molecule has 1 fully saturated rings. The number of hydrogen-bond acceptors (Lipinski definition) is 3. The molecule has 0 radical (unpaired) electrons. The Kier molecular flexibility index (Phi) is 5.19. The summed E-state index contributed by atoms with van der Waals surface area (Å²) in [6.07, 6.45) is 0.906. The zero-order chi connectivity index (χ0) is 15.2. The highest BCUT2D eigenvalue weighted by molar-refractivity contribution is 5.79. The molecule has 2 N–H and O–H groups in total. The molecule has 1 aromatic rings. The van der Waals surface area contributed by atoms with Crippen LogP contribution in [0.2, 0.25) is 0 Å². The Morgan fingerprint density at radius 3 is 2.86 bits per heavy atom. The highest BCUT2D eigenvalue weighted by Crippen LogP contribution is 2.31. The normalized spacial score (nSPS) is 19.0. The van der Waals surface area contributed by atoms with Gasteiger partial charge in [0.05, 0.1) is 5.69 Å². The monoisotopic (exact) mass is 298 g/mol. The summed E-state index contributed by atoms with van der Waals surface area (Å²) in [7, 11) is 3.51. The lowest BCUT2D eigenvalue weighted by molar-refractivity contribution is -0.0495. The summed E-state index contributed by atoms with van der Waals surface area (Å²) in [6.45, 7) is -1.32. The van der Waals surface area contributed by atoms with E-state index in [9.17, 15) is 8.78 Å². The molecule has 1 aromatic carbocycles. The van der Waals surface area contributed by atoms with Crippen LogP contribution < -0.4 is 20.3 Å². The number of guanidine groups is 1. The minimum atomic E-state index is -2.81. The summed E-state index contributed by atoms with van der Waals surface area (Å²) in [6, 6.07) is 7.09. The molecule has 7 heteroatoms. The molecule has 0 aromatic heterocycles. The first-order chi connectivity index (χ1) is 10.1. The summed E-state index contributed by atoms with van der Waals surface area (Å²) in [4.78, 5) is 6.12. The van der Waals surface area contributed by atoms with Crippen LogP contribution in [0.4, 0.5) is 14.5 Å². The van der Waals surface area contributed by atoms with Crippen LogP contribution in [-0.4, -0.2) is 45.8 Å². The van der Waals surface area contributed by atoms with Gasteiger partial charge in [-0.05, 0) is 18.6 Å². The Bertz CT molecular complexity index is 496. The molecule has 1 saturated heterocycles. The van der Waals surface area contributed by atoms with Crippen molar-refractivity contribution in [2.45, 2.75) is 19.1 Å². The standard InChI is InChI=1S/C14H20F2N4O/c1-17-14(18-2)19-10-7-8-20(9-10)11-5-3-4-6-12(11)21-13(15)16/h3-6,10,13H,7-9H2,1-2H3,(H2,17,18,19). The predicted octanol–water partition coefficient (Wildman–Crippen LogP) is 1.66. The molecule has 5 nitrogen and oxygen atoms in total. The van der Waals surface area contributed by atoms with E-state index < -0.39 is 6.61 Å². The summed E-state index contributed by atoms with van der Waals surface area (Å²) < 4.78 is 29.5. The second kappa shape index (κ2) is 7.10. The fourth-order valence-electron chi connectivity index (χ4n) is 2.45. The van der Waals surface area contributed by atoms with Gasteiger partial charge in [-0.15, -0.1) is 0 Å². The molecule has 0 amide bonds. The average Bonchev–Trinajstić information content (AvgIpc) is 2.93. The number of ether oxygens (including phenoxy) is 1. The van der Waals surface area contributed by atoms with Crippen molar-refractivity contribution in [2.75, 3.05) is 32.1 Å². The van der Waals surface area contributed by atoms with E-state index in [0.29, 0.717) is 12.2 Å². The van der Waals surface area contributed by atoms with Crippen molar-refractivity contribution in [3.8, 4) is 5.75 Å². The van der Waals surface area contributed by atoms with E-state index in [4.69, 9.17) is 0 Å². The van der Waals surface area contributed by atoms with Gasteiger partial charge in [0.2, 0.25) is 0 Å². The molecular weight excluding hydrogens is 278 g/mol. The largest absolute Gasteiger partial charge is 0.433 e. The Labute approximate surface area is 123 Å². The van der Waals surface area contributed by atoms with Gasteiger partial charge < -0.3 is 20.3 Å². The molecular formula is C14H20F2N4O. The molecule has 116 valence electrons. The highest BCUT2D eigenvalue weighted by Gasteiger charge is 2.25. The second-order valence-corrected chi connectivity index (χ2v) is 4.74. The summed E-state index contributed by atoms with van der Waals surface area (Å²) in [5.41, 5.74) is 0.696. The first-order valence-corrected chi connectivity index (χ1v) is 6.84. The molecule has 1 atom stereocenters. The molecule has 0 spiro atoms. The van der Waals surface area contributed by atoms with E-state index in [1.807, 2.05) is 11.0 Å². The molecule has 21 heavy (non-hydrogen) atoms. The van der Waals surface area contributed by atoms with Gasteiger partial charge in [-0.25, -0.2) is 0 Å². The quantitative estimate of drug-likeness (QED) is 0.656. The van der Waals surface area contributed by atoms with Crippen LogP contribution in [0.25, 0.3) is 0 Å². The Hall–Kier alpha value is -2.05. The fourth-order valence-corrected chi connectivity index (χ4v) is 2.45. The predicted molar refractivity (Wildman–Crippen MR) is 79.2 cm³/mol. The fraction of sp³-hybridized carbons (Fsp3) is 0.500. The molecule has 1 aliphatic rings. The van der Waals surface area contributed by atoms with E-state index in [1.165, 1.54) is 0 Å². The third-order valence-corrected chi connectivity index (χ3v) is 3.41. The van der Waals surface area contributed by atoms with Crippen LogP contribution in [0.3, 0.4) is 0 Å². The van der Waals surface area contributed by atoms with Crippen LogP contribution in [0.1, 0.15) is 6.42 Å². The van der Waals surface area contributed by atoms with E-state index in [2.05, 4.69) is 20.4 Å². The van der Waals surface area contributed by atoms with Gasteiger partial charge in [0.25, 0.3) is 0 Å². The second-order valence-electron chi connectivity index (χ2n) is 4.74. The highest BCUT2D eigenvalue weighted by atomic mass is 19.3. The van der Waals surface area contributed by atoms with Crippen molar-refractivity contribution >= 4 is 11.6 Å². The van der Waals surface area contributed by atoms with Crippen LogP contribution in [-0.2, 0) is 0 Å². The maximum atomic E-state index is 12.5. The lowest BCUT2D eigenvalue weighted by Crippen LogP contribution is -2.43. The average molecular weight is 298 g/mol. The van der Waals surface area contributed by atoms with Crippen LogP contribution >= 0.6 is 0 Å². The molecule has 2 rings (SSSR count). The van der Waals surface area contributed by atoms with Crippen molar-refractivity contribution in [1.29, 1.82) is 0 Å². The number of benzene rings is 1. The van der Waals surface area contributed by atoms with E-state index in [1.54, 1.807) is 32.3 Å². The summed E-state index contributed by atoms with van der Waals surface area (Å²) in [5.74, 6) is 0.935. The minimum absolute atomic E-state index is 0.214.